The summed E-state index contributed by atoms with van der Waals surface area (Å²) in [5.41, 5.74) is -0.0724. The molecule has 114 valence electrons. The predicted octanol–water partition coefficient (Wildman–Crippen LogP) is 2.37. The van der Waals surface area contributed by atoms with Crippen molar-refractivity contribution in [2.45, 2.75) is 13.0 Å². The van der Waals surface area contributed by atoms with Gasteiger partial charge in [0, 0.05) is 0 Å². The number of urea groups is 1. The van der Waals surface area contributed by atoms with Gasteiger partial charge in [0.2, 0.25) is 0 Å². The van der Waals surface area contributed by atoms with Gasteiger partial charge in [0.1, 0.15) is 6.04 Å². The molecule has 2 amide bonds. The Kier molecular flexibility index (Phi) is 5.80. The number of benzene rings is 1. The first kappa shape index (κ1) is 17.1. The zero-order valence-electron chi connectivity index (χ0n) is 11.1. The molecular formula is C12H12Cl2N2O5. The van der Waals surface area contributed by atoms with E-state index in [4.69, 9.17) is 28.3 Å². The Hall–Kier alpha value is -1.99. The molecule has 0 radical (unpaired) electrons. The summed E-state index contributed by atoms with van der Waals surface area (Å²) in [5.74, 6) is -1.82. The van der Waals surface area contributed by atoms with Crippen molar-refractivity contribution in [3.8, 4) is 0 Å². The fourth-order valence-electron chi connectivity index (χ4n) is 1.40. The Bertz CT molecular complexity index is 568. The average Bonchev–Trinajstić information content (AvgIpc) is 2.41. The number of rotatable bonds is 4. The topological polar surface area (TPSA) is 105 Å². The van der Waals surface area contributed by atoms with E-state index in [0.717, 1.165) is 12.1 Å². The molecule has 9 heteroatoms. The predicted molar refractivity (Wildman–Crippen MR) is 77.1 cm³/mol. The number of anilines is 1. The molecule has 1 unspecified atom stereocenters. The summed E-state index contributed by atoms with van der Waals surface area (Å²) >= 11 is 11.7. The number of methoxy groups -OCH3 is 1. The van der Waals surface area contributed by atoms with Crippen molar-refractivity contribution in [2.24, 2.45) is 0 Å². The summed E-state index contributed by atoms with van der Waals surface area (Å²) in [7, 11) is 1.19. The van der Waals surface area contributed by atoms with Crippen molar-refractivity contribution < 1.29 is 24.2 Å². The lowest BCUT2D eigenvalue weighted by atomic mass is 10.2. The second-order valence-electron chi connectivity index (χ2n) is 3.96. The molecule has 0 saturated heterocycles. The highest BCUT2D eigenvalue weighted by molar-refractivity contribution is 6.40. The van der Waals surface area contributed by atoms with E-state index < -0.39 is 24.0 Å². The van der Waals surface area contributed by atoms with E-state index in [2.05, 4.69) is 15.4 Å². The third-order valence-corrected chi connectivity index (χ3v) is 3.03. The van der Waals surface area contributed by atoms with E-state index in [1.807, 2.05) is 0 Å². The maximum Gasteiger partial charge on any atom is 0.335 e. The van der Waals surface area contributed by atoms with Crippen LogP contribution in [0.3, 0.4) is 0 Å². The Morgan fingerprint density at radius 2 is 1.76 bits per heavy atom. The molecule has 0 aromatic heterocycles. The van der Waals surface area contributed by atoms with Crippen LogP contribution in [0.25, 0.3) is 0 Å². The highest BCUT2D eigenvalue weighted by Gasteiger charge is 2.18. The third kappa shape index (κ3) is 4.51. The molecule has 0 aliphatic rings. The van der Waals surface area contributed by atoms with Gasteiger partial charge in [-0.15, -0.1) is 0 Å². The molecule has 1 aromatic rings. The Morgan fingerprint density at radius 3 is 2.19 bits per heavy atom. The number of carboxylic acid groups (broad SMARTS) is 1. The van der Waals surface area contributed by atoms with Crippen LogP contribution in [-0.2, 0) is 9.53 Å². The van der Waals surface area contributed by atoms with Crippen molar-refractivity contribution in [1.29, 1.82) is 0 Å². The Labute approximate surface area is 130 Å². The first-order valence-corrected chi connectivity index (χ1v) is 6.39. The summed E-state index contributed by atoms with van der Waals surface area (Å²) in [4.78, 5) is 33.7. The number of esters is 1. The zero-order chi connectivity index (χ0) is 16.2. The molecule has 3 N–H and O–H groups in total. The Morgan fingerprint density at radius 1 is 1.24 bits per heavy atom. The number of nitrogens with one attached hydrogen (secondary N) is 2. The van der Waals surface area contributed by atoms with Crippen molar-refractivity contribution >= 4 is 46.9 Å². The van der Waals surface area contributed by atoms with Crippen LogP contribution in [0.5, 0.6) is 0 Å². The maximum absolute atomic E-state index is 11.7. The lowest BCUT2D eigenvalue weighted by molar-refractivity contribution is -0.142. The van der Waals surface area contributed by atoms with Gasteiger partial charge in [-0.05, 0) is 19.1 Å². The molecule has 0 spiro atoms. The summed E-state index contributed by atoms with van der Waals surface area (Å²) in [6.07, 6.45) is 0. The van der Waals surface area contributed by atoms with E-state index in [-0.39, 0.29) is 21.3 Å². The number of hydrogen-bond acceptors (Lipinski definition) is 4. The van der Waals surface area contributed by atoms with Crippen LogP contribution in [0, 0.1) is 0 Å². The second-order valence-corrected chi connectivity index (χ2v) is 4.78. The van der Waals surface area contributed by atoms with Crippen molar-refractivity contribution in [2.75, 3.05) is 12.4 Å². The molecule has 1 atom stereocenters. The van der Waals surface area contributed by atoms with Crippen molar-refractivity contribution in [1.82, 2.24) is 5.32 Å². The first-order valence-electron chi connectivity index (χ1n) is 5.64. The van der Waals surface area contributed by atoms with Crippen LogP contribution < -0.4 is 10.6 Å². The average molecular weight is 335 g/mol. The van der Waals surface area contributed by atoms with Gasteiger partial charge in [-0.3, -0.25) is 0 Å². The molecule has 0 aliphatic carbocycles. The fraction of sp³-hybridized carbons (Fsp3) is 0.250. The van der Waals surface area contributed by atoms with Gasteiger partial charge in [0.15, 0.2) is 0 Å². The molecule has 0 fully saturated rings. The van der Waals surface area contributed by atoms with Crippen LogP contribution in [0.2, 0.25) is 10.0 Å². The van der Waals surface area contributed by atoms with Gasteiger partial charge in [0.25, 0.3) is 0 Å². The maximum atomic E-state index is 11.7. The largest absolute Gasteiger partial charge is 0.478 e. The SMILES string of the molecule is COC(=O)C(C)NC(=O)Nc1c(Cl)cc(C(=O)O)cc1Cl. The highest BCUT2D eigenvalue weighted by Crippen LogP contribution is 2.31. The smallest absolute Gasteiger partial charge is 0.335 e. The van der Waals surface area contributed by atoms with Crippen LogP contribution in [0.15, 0.2) is 12.1 Å². The standard InChI is InChI=1S/C12H12Cl2N2O5/c1-5(11(19)21-2)15-12(20)16-9-7(13)3-6(10(17)18)4-8(9)14/h3-5H,1-2H3,(H,17,18)(H2,15,16,20). The van der Waals surface area contributed by atoms with E-state index in [1.165, 1.54) is 14.0 Å². The number of halogens is 2. The second kappa shape index (κ2) is 7.14. The molecule has 0 heterocycles. The number of hydrogen-bond donors (Lipinski definition) is 3. The van der Waals surface area contributed by atoms with E-state index >= 15 is 0 Å². The molecule has 0 aliphatic heterocycles. The minimum absolute atomic E-state index is 0.0397. The monoisotopic (exact) mass is 334 g/mol. The number of carbonyl (C=O) groups is 3. The normalized spacial score (nSPS) is 11.4. The zero-order valence-corrected chi connectivity index (χ0v) is 12.6. The number of aromatic carboxylic acids is 1. The molecule has 0 saturated carbocycles. The van der Waals surface area contributed by atoms with E-state index in [9.17, 15) is 14.4 Å². The Balaban J connectivity index is 2.86. The fourth-order valence-corrected chi connectivity index (χ4v) is 1.98. The third-order valence-electron chi connectivity index (χ3n) is 2.43. The summed E-state index contributed by atoms with van der Waals surface area (Å²) in [6, 6.07) is 0.690. The molecule has 0 bridgehead atoms. The molecule has 7 nitrogen and oxygen atoms in total. The highest BCUT2D eigenvalue weighted by atomic mass is 35.5. The molecule has 21 heavy (non-hydrogen) atoms. The van der Waals surface area contributed by atoms with Gasteiger partial charge in [-0.2, -0.15) is 0 Å². The van der Waals surface area contributed by atoms with Gasteiger partial charge >= 0.3 is 18.0 Å². The molecular weight excluding hydrogens is 323 g/mol. The minimum atomic E-state index is -1.20. The number of ether oxygens (including phenoxy) is 1. The van der Waals surface area contributed by atoms with E-state index in [0.29, 0.717) is 0 Å². The quantitative estimate of drug-likeness (QED) is 0.733. The lowest BCUT2D eigenvalue weighted by Gasteiger charge is -2.14. The minimum Gasteiger partial charge on any atom is -0.478 e. The summed E-state index contributed by atoms with van der Waals surface area (Å²) in [6.45, 7) is 1.43. The van der Waals surface area contributed by atoms with Crippen LogP contribution in [-0.4, -0.2) is 36.2 Å². The van der Waals surface area contributed by atoms with Crippen LogP contribution >= 0.6 is 23.2 Å². The molecule has 1 aromatic carbocycles. The number of amides is 2. The van der Waals surface area contributed by atoms with Crippen molar-refractivity contribution in [3.05, 3.63) is 27.7 Å². The van der Waals surface area contributed by atoms with E-state index in [1.54, 1.807) is 0 Å². The van der Waals surface area contributed by atoms with Gasteiger partial charge in [-0.25, -0.2) is 14.4 Å². The first-order chi connectivity index (χ1) is 9.76. The lowest BCUT2D eigenvalue weighted by Crippen LogP contribution is -2.41. The van der Waals surface area contributed by atoms with Crippen LogP contribution in [0.1, 0.15) is 17.3 Å². The summed E-state index contributed by atoms with van der Waals surface area (Å²) in [5, 5.41) is 13.4. The number of carboxylic acids is 1. The number of carbonyl (C=O) groups excluding carboxylic acids is 2. The van der Waals surface area contributed by atoms with Gasteiger partial charge in [-0.1, -0.05) is 23.2 Å². The van der Waals surface area contributed by atoms with Crippen LogP contribution in [0.4, 0.5) is 10.5 Å². The summed E-state index contributed by atoms with van der Waals surface area (Å²) < 4.78 is 4.45. The molecule has 1 rings (SSSR count). The van der Waals surface area contributed by atoms with Crippen molar-refractivity contribution in [3.63, 3.8) is 0 Å². The van der Waals surface area contributed by atoms with Gasteiger partial charge < -0.3 is 20.5 Å². The van der Waals surface area contributed by atoms with Gasteiger partial charge in [0.05, 0.1) is 28.4 Å².